The molecule has 1 aliphatic heterocycles. The quantitative estimate of drug-likeness (QED) is 0.453. The zero-order chi connectivity index (χ0) is 14.5. The Morgan fingerprint density at radius 1 is 1.40 bits per heavy atom. The molecule has 2 rings (SSSR count). The molecule has 0 radical (unpaired) electrons. The van der Waals surface area contributed by atoms with Gasteiger partial charge in [0.2, 0.25) is 0 Å². The van der Waals surface area contributed by atoms with Crippen molar-refractivity contribution in [1.82, 2.24) is 0 Å². The number of hydrogen-bond acceptors (Lipinski definition) is 3. The van der Waals surface area contributed by atoms with Crippen LogP contribution in [-0.4, -0.2) is 36.1 Å². The number of hydrogen-bond donors (Lipinski definition) is 0. The van der Waals surface area contributed by atoms with Crippen LogP contribution in [0.3, 0.4) is 0 Å². The Balaban J connectivity index is 2.16. The summed E-state index contributed by atoms with van der Waals surface area (Å²) in [6.45, 7) is 3.99. The molecule has 1 aromatic carbocycles. The van der Waals surface area contributed by atoms with Gasteiger partial charge in [0.05, 0.1) is 6.61 Å². The largest absolute Gasteiger partial charge is 0.370 e. The van der Waals surface area contributed by atoms with E-state index in [1.165, 1.54) is 0 Å². The Hall–Kier alpha value is -1.15. The minimum absolute atomic E-state index is 0.000325. The van der Waals surface area contributed by atoms with E-state index in [1.807, 2.05) is 31.2 Å². The van der Waals surface area contributed by atoms with Crippen molar-refractivity contribution in [2.24, 2.45) is 0 Å². The maximum Gasteiger partial charge on any atom is 0.287 e. The van der Waals surface area contributed by atoms with Crippen molar-refractivity contribution in [3.05, 3.63) is 24.3 Å². The lowest BCUT2D eigenvalue weighted by Crippen LogP contribution is -2.41. The Bertz CT molecular complexity index is 467. The number of morpholine rings is 1. The van der Waals surface area contributed by atoms with E-state index < -0.39 is 0 Å². The van der Waals surface area contributed by atoms with Crippen LogP contribution in [-0.2, 0) is 9.53 Å². The van der Waals surface area contributed by atoms with Gasteiger partial charge < -0.3 is 14.5 Å². The van der Waals surface area contributed by atoms with E-state index in [0.717, 1.165) is 17.8 Å². The maximum absolute atomic E-state index is 11.8. The molecule has 1 aromatic rings. The first kappa shape index (κ1) is 15.2. The second kappa shape index (κ2) is 7.03. The van der Waals surface area contributed by atoms with Crippen LogP contribution >= 0.6 is 22.6 Å². The summed E-state index contributed by atoms with van der Waals surface area (Å²) in [5.41, 5.74) is 1.70. The Labute approximate surface area is 132 Å². The monoisotopic (exact) mass is 388 g/mol. The lowest BCUT2D eigenvalue weighted by atomic mass is 10.2. The molecule has 5 nitrogen and oxygen atoms in total. The number of rotatable bonds is 4. The Morgan fingerprint density at radius 3 is 2.65 bits per heavy atom. The van der Waals surface area contributed by atoms with E-state index in [-0.39, 0.29) is 16.4 Å². The molecule has 0 spiro atoms. The molecule has 20 heavy (non-hydrogen) atoms. The van der Waals surface area contributed by atoms with Crippen LogP contribution < -0.4 is 9.80 Å². The van der Waals surface area contributed by atoms with Gasteiger partial charge in [0, 0.05) is 47.1 Å². The minimum atomic E-state index is -0.0283. The number of carbonyl (C=O) groups is 2. The van der Waals surface area contributed by atoms with Gasteiger partial charge in [-0.2, -0.15) is 0 Å². The molecule has 1 aliphatic rings. The van der Waals surface area contributed by atoms with E-state index in [2.05, 4.69) is 0 Å². The summed E-state index contributed by atoms with van der Waals surface area (Å²) in [7, 11) is 0. The standard InChI is InChI=1S/C14H17IN2O3/c1-2-7-17(14(15)19)12-5-3-11(4-6-12)16-8-9-20-10-13(16)18/h3-6H,2,7-10H2,1H3. The normalized spacial score (nSPS) is 15.3. The smallest absolute Gasteiger partial charge is 0.287 e. The fraction of sp³-hybridized carbons (Fsp3) is 0.429. The van der Waals surface area contributed by atoms with Crippen molar-refractivity contribution in [2.45, 2.75) is 13.3 Å². The van der Waals surface area contributed by atoms with Crippen LogP contribution in [0.15, 0.2) is 24.3 Å². The summed E-state index contributed by atoms with van der Waals surface area (Å²) in [6.07, 6.45) is 0.901. The topological polar surface area (TPSA) is 49.9 Å². The summed E-state index contributed by atoms with van der Waals surface area (Å²) in [5.74, 6) is -0.0283. The van der Waals surface area contributed by atoms with Crippen LogP contribution in [0.5, 0.6) is 0 Å². The van der Waals surface area contributed by atoms with Crippen molar-refractivity contribution in [1.29, 1.82) is 0 Å². The second-order valence-electron chi connectivity index (χ2n) is 4.52. The van der Waals surface area contributed by atoms with Crippen molar-refractivity contribution in [2.75, 3.05) is 36.1 Å². The van der Waals surface area contributed by atoms with Crippen LogP contribution in [0.2, 0.25) is 0 Å². The van der Waals surface area contributed by atoms with Crippen molar-refractivity contribution in [3.63, 3.8) is 0 Å². The number of halogens is 1. The van der Waals surface area contributed by atoms with Gasteiger partial charge in [-0.3, -0.25) is 9.59 Å². The van der Waals surface area contributed by atoms with Crippen LogP contribution in [0.25, 0.3) is 0 Å². The third kappa shape index (κ3) is 3.49. The fourth-order valence-corrected chi connectivity index (χ4v) is 2.67. The van der Waals surface area contributed by atoms with Crippen LogP contribution in [0.1, 0.15) is 13.3 Å². The summed E-state index contributed by atoms with van der Waals surface area (Å²) in [5, 5.41) is 0. The van der Waals surface area contributed by atoms with Crippen molar-refractivity contribution >= 4 is 43.8 Å². The number of ether oxygens (including phenoxy) is 1. The molecular weight excluding hydrogens is 371 g/mol. The van der Waals surface area contributed by atoms with Crippen LogP contribution in [0, 0.1) is 0 Å². The molecular formula is C14H17IN2O3. The van der Waals surface area contributed by atoms with Gasteiger partial charge >= 0.3 is 0 Å². The molecule has 1 saturated heterocycles. The Kier molecular flexibility index (Phi) is 5.36. The highest BCUT2D eigenvalue weighted by molar-refractivity contribution is 14.1. The van der Waals surface area contributed by atoms with Gasteiger partial charge in [-0.05, 0) is 30.7 Å². The van der Waals surface area contributed by atoms with Crippen molar-refractivity contribution < 1.29 is 14.3 Å². The molecule has 6 heteroatoms. The third-order valence-corrected chi connectivity index (χ3v) is 3.70. The summed E-state index contributed by atoms with van der Waals surface area (Å²) in [6, 6.07) is 7.51. The number of amides is 2. The highest BCUT2D eigenvalue weighted by Crippen LogP contribution is 2.23. The van der Waals surface area contributed by atoms with E-state index in [0.29, 0.717) is 19.7 Å². The third-order valence-electron chi connectivity index (χ3n) is 3.12. The molecule has 0 N–H and O–H groups in total. The number of anilines is 2. The van der Waals surface area contributed by atoms with Crippen LogP contribution in [0.4, 0.5) is 16.2 Å². The molecule has 0 saturated carbocycles. The van der Waals surface area contributed by atoms with Gasteiger partial charge in [-0.15, -0.1) is 0 Å². The van der Waals surface area contributed by atoms with E-state index in [4.69, 9.17) is 4.74 Å². The van der Waals surface area contributed by atoms with E-state index in [1.54, 1.807) is 32.4 Å². The zero-order valence-corrected chi connectivity index (χ0v) is 13.5. The van der Waals surface area contributed by atoms with Crippen molar-refractivity contribution in [3.8, 4) is 0 Å². The van der Waals surface area contributed by atoms with Gasteiger partial charge in [0.15, 0.2) is 0 Å². The molecule has 0 aliphatic carbocycles. The molecule has 2 amide bonds. The molecule has 0 atom stereocenters. The second-order valence-corrected chi connectivity index (χ2v) is 5.44. The van der Waals surface area contributed by atoms with Gasteiger partial charge in [-0.1, -0.05) is 6.92 Å². The lowest BCUT2D eigenvalue weighted by molar-refractivity contribution is -0.125. The Morgan fingerprint density at radius 2 is 2.10 bits per heavy atom. The number of nitrogens with zero attached hydrogens (tertiary/aromatic N) is 2. The van der Waals surface area contributed by atoms with E-state index >= 15 is 0 Å². The average molecular weight is 388 g/mol. The first-order valence-corrected chi connectivity index (χ1v) is 7.66. The van der Waals surface area contributed by atoms with E-state index in [9.17, 15) is 9.59 Å². The SMILES string of the molecule is CCCN(C(=O)I)c1ccc(N2CCOCC2=O)cc1. The summed E-state index contributed by atoms with van der Waals surface area (Å²) in [4.78, 5) is 26.8. The average Bonchev–Trinajstić information content (AvgIpc) is 2.45. The highest BCUT2D eigenvalue weighted by Gasteiger charge is 2.20. The highest BCUT2D eigenvalue weighted by atomic mass is 127. The molecule has 0 aromatic heterocycles. The lowest BCUT2D eigenvalue weighted by Gasteiger charge is -2.27. The molecule has 0 unspecified atom stereocenters. The number of carbonyl (C=O) groups excluding carboxylic acids is 2. The predicted octanol–water partition coefficient (Wildman–Crippen LogP) is 2.82. The summed E-state index contributed by atoms with van der Waals surface area (Å²) >= 11 is 1.79. The molecule has 108 valence electrons. The summed E-state index contributed by atoms with van der Waals surface area (Å²) < 4.78 is 5.11. The number of benzene rings is 1. The molecule has 1 heterocycles. The minimum Gasteiger partial charge on any atom is -0.370 e. The van der Waals surface area contributed by atoms with Gasteiger partial charge in [-0.25, -0.2) is 0 Å². The predicted molar refractivity (Wildman–Crippen MR) is 86.7 cm³/mol. The fourth-order valence-electron chi connectivity index (χ4n) is 2.15. The van der Waals surface area contributed by atoms with Gasteiger partial charge in [0.25, 0.3) is 9.82 Å². The first-order chi connectivity index (χ1) is 9.63. The molecule has 1 fully saturated rings. The first-order valence-electron chi connectivity index (χ1n) is 6.58. The van der Waals surface area contributed by atoms with Gasteiger partial charge in [0.1, 0.15) is 6.61 Å². The zero-order valence-electron chi connectivity index (χ0n) is 11.3. The molecule has 0 bridgehead atoms. The maximum atomic E-state index is 11.8.